The summed E-state index contributed by atoms with van der Waals surface area (Å²) >= 11 is 0. The molecule has 2 heterocycles. The van der Waals surface area contributed by atoms with Crippen LogP contribution in [-0.2, 0) is 17.6 Å². The van der Waals surface area contributed by atoms with Crippen LogP contribution in [0.15, 0.2) is 28.8 Å². The van der Waals surface area contributed by atoms with E-state index < -0.39 is 0 Å². The zero-order valence-electron chi connectivity index (χ0n) is 14.1. The first-order chi connectivity index (χ1) is 11.6. The van der Waals surface area contributed by atoms with Gasteiger partial charge in [-0.25, -0.2) is 4.98 Å². The smallest absolute Gasteiger partial charge is 0.224 e. The first-order valence-electron chi connectivity index (χ1n) is 7.90. The molecule has 0 aliphatic rings. The lowest BCUT2D eigenvalue weighted by molar-refractivity contribution is -0.120. The average Bonchev–Trinajstić information content (AvgIpc) is 3.10. The van der Waals surface area contributed by atoms with Gasteiger partial charge in [-0.2, -0.15) is 0 Å². The van der Waals surface area contributed by atoms with E-state index in [9.17, 15) is 4.79 Å². The molecule has 0 saturated carbocycles. The van der Waals surface area contributed by atoms with Crippen LogP contribution in [0.1, 0.15) is 22.9 Å². The molecule has 0 aliphatic carbocycles. The molecule has 126 valence electrons. The summed E-state index contributed by atoms with van der Waals surface area (Å²) in [5, 5.41) is 3.94. The number of carbonyl (C=O) groups is 1. The van der Waals surface area contributed by atoms with Crippen molar-refractivity contribution in [2.45, 2.75) is 26.7 Å². The Morgan fingerprint density at radius 1 is 1.38 bits per heavy atom. The number of hydrogen-bond acceptors (Lipinski definition) is 4. The number of aromatic nitrogens is 2. The van der Waals surface area contributed by atoms with Gasteiger partial charge in [-0.1, -0.05) is 0 Å². The molecule has 1 aromatic carbocycles. The molecule has 0 bridgehead atoms. The molecule has 2 aromatic heterocycles. The number of methoxy groups -OCH3 is 1. The molecular formula is C18H21N3O3. The van der Waals surface area contributed by atoms with E-state index in [1.54, 1.807) is 7.11 Å². The normalized spacial score (nSPS) is 11.0. The molecule has 0 fully saturated rings. The Hall–Kier alpha value is -2.76. The Kier molecular flexibility index (Phi) is 4.55. The molecule has 1 amide bonds. The van der Waals surface area contributed by atoms with Crippen LogP contribution in [0.2, 0.25) is 0 Å². The Morgan fingerprint density at radius 3 is 2.92 bits per heavy atom. The van der Waals surface area contributed by atoms with Crippen molar-refractivity contribution in [3.8, 4) is 5.75 Å². The summed E-state index contributed by atoms with van der Waals surface area (Å²) in [7, 11) is 1.63. The molecule has 6 heteroatoms. The molecule has 3 aromatic rings. The number of fused-ring (bicyclic) bond motifs is 1. The van der Waals surface area contributed by atoms with Crippen molar-refractivity contribution in [1.29, 1.82) is 0 Å². The third-order valence-electron chi connectivity index (χ3n) is 4.01. The first kappa shape index (κ1) is 16.1. The predicted molar refractivity (Wildman–Crippen MR) is 91.2 cm³/mol. The highest BCUT2D eigenvalue weighted by molar-refractivity contribution is 5.89. The molecule has 2 N–H and O–H groups in total. The van der Waals surface area contributed by atoms with E-state index in [4.69, 9.17) is 9.15 Å². The van der Waals surface area contributed by atoms with Crippen molar-refractivity contribution in [3.05, 3.63) is 47.3 Å². The first-order valence-corrected chi connectivity index (χ1v) is 7.90. The fourth-order valence-electron chi connectivity index (χ4n) is 2.79. The maximum Gasteiger partial charge on any atom is 0.224 e. The number of nitrogens with zero attached hydrogens (tertiary/aromatic N) is 1. The maximum atomic E-state index is 12.2. The van der Waals surface area contributed by atoms with E-state index in [2.05, 4.69) is 15.3 Å². The minimum Gasteiger partial charge on any atom is -0.497 e. The van der Waals surface area contributed by atoms with Gasteiger partial charge in [-0.3, -0.25) is 4.79 Å². The Bertz CT molecular complexity index is 864. The Morgan fingerprint density at radius 2 is 2.21 bits per heavy atom. The number of benzene rings is 1. The number of aryl methyl sites for hydroxylation is 2. The number of nitrogens with one attached hydrogen (secondary N) is 2. The zero-order chi connectivity index (χ0) is 17.1. The van der Waals surface area contributed by atoms with Crippen molar-refractivity contribution in [1.82, 2.24) is 15.3 Å². The number of carbonyl (C=O) groups excluding carboxylic acids is 1. The summed E-state index contributed by atoms with van der Waals surface area (Å²) in [6, 6.07) is 5.78. The van der Waals surface area contributed by atoms with Crippen LogP contribution in [0, 0.1) is 13.8 Å². The highest BCUT2D eigenvalue weighted by Crippen LogP contribution is 2.23. The van der Waals surface area contributed by atoms with E-state index in [1.807, 2.05) is 38.2 Å². The van der Waals surface area contributed by atoms with Gasteiger partial charge < -0.3 is 19.5 Å². The lowest BCUT2D eigenvalue weighted by atomic mass is 10.1. The maximum absolute atomic E-state index is 12.2. The third kappa shape index (κ3) is 3.42. The number of oxazole rings is 1. The van der Waals surface area contributed by atoms with Gasteiger partial charge in [0.25, 0.3) is 0 Å². The van der Waals surface area contributed by atoms with E-state index in [0.29, 0.717) is 25.3 Å². The SMILES string of the molecule is COc1ccc2[nH]cc(CC(=O)NCCc3nc(C)oc3C)c2c1. The molecule has 0 atom stereocenters. The molecule has 0 radical (unpaired) electrons. The number of aromatic amines is 1. The predicted octanol–water partition coefficient (Wildman–Crippen LogP) is 2.68. The molecule has 0 saturated heterocycles. The van der Waals surface area contributed by atoms with Crippen LogP contribution >= 0.6 is 0 Å². The van der Waals surface area contributed by atoms with Gasteiger partial charge in [0.15, 0.2) is 5.89 Å². The number of ether oxygens (including phenoxy) is 1. The van der Waals surface area contributed by atoms with Gasteiger partial charge in [0.05, 0.1) is 19.2 Å². The van der Waals surface area contributed by atoms with Crippen molar-refractivity contribution in [2.24, 2.45) is 0 Å². The second kappa shape index (κ2) is 6.78. The Balaban J connectivity index is 1.59. The molecule has 0 unspecified atom stereocenters. The fourth-order valence-corrected chi connectivity index (χ4v) is 2.79. The fraction of sp³-hybridized carbons (Fsp3) is 0.333. The van der Waals surface area contributed by atoms with E-state index >= 15 is 0 Å². The van der Waals surface area contributed by atoms with Crippen LogP contribution in [0.4, 0.5) is 0 Å². The molecular weight excluding hydrogens is 306 g/mol. The second-order valence-corrected chi connectivity index (χ2v) is 5.74. The molecule has 0 spiro atoms. The monoisotopic (exact) mass is 327 g/mol. The van der Waals surface area contributed by atoms with Crippen molar-refractivity contribution < 1.29 is 13.9 Å². The molecule has 0 aliphatic heterocycles. The molecule has 3 rings (SSSR count). The summed E-state index contributed by atoms with van der Waals surface area (Å²) < 4.78 is 10.6. The third-order valence-corrected chi connectivity index (χ3v) is 4.01. The summed E-state index contributed by atoms with van der Waals surface area (Å²) in [6.07, 6.45) is 2.86. The number of amides is 1. The summed E-state index contributed by atoms with van der Waals surface area (Å²) in [6.45, 7) is 4.24. The zero-order valence-corrected chi connectivity index (χ0v) is 14.1. The Labute approximate surface area is 140 Å². The van der Waals surface area contributed by atoms with E-state index in [0.717, 1.165) is 33.7 Å². The topological polar surface area (TPSA) is 80.2 Å². The minimum absolute atomic E-state index is 0.0170. The largest absolute Gasteiger partial charge is 0.497 e. The van der Waals surface area contributed by atoms with E-state index in [1.165, 1.54) is 0 Å². The van der Waals surface area contributed by atoms with Gasteiger partial charge >= 0.3 is 0 Å². The van der Waals surface area contributed by atoms with Crippen LogP contribution in [0.5, 0.6) is 5.75 Å². The van der Waals surface area contributed by atoms with Crippen LogP contribution in [-0.4, -0.2) is 29.5 Å². The van der Waals surface area contributed by atoms with Crippen LogP contribution < -0.4 is 10.1 Å². The van der Waals surface area contributed by atoms with Crippen LogP contribution in [0.25, 0.3) is 10.9 Å². The van der Waals surface area contributed by atoms with Gasteiger partial charge in [-0.15, -0.1) is 0 Å². The van der Waals surface area contributed by atoms with Gasteiger partial charge in [0, 0.05) is 37.0 Å². The standard InChI is InChI=1S/C18H21N3O3/c1-11-16(21-12(2)24-11)6-7-19-18(22)8-13-10-20-17-5-4-14(23-3)9-15(13)17/h4-5,9-10,20H,6-8H2,1-3H3,(H,19,22). The highest BCUT2D eigenvalue weighted by Gasteiger charge is 2.11. The highest BCUT2D eigenvalue weighted by atomic mass is 16.5. The number of H-pyrrole nitrogens is 1. The van der Waals surface area contributed by atoms with Gasteiger partial charge in [0.1, 0.15) is 11.5 Å². The van der Waals surface area contributed by atoms with Crippen molar-refractivity contribution in [3.63, 3.8) is 0 Å². The summed E-state index contributed by atoms with van der Waals surface area (Å²) in [5.41, 5.74) is 2.84. The number of hydrogen-bond donors (Lipinski definition) is 2. The van der Waals surface area contributed by atoms with E-state index in [-0.39, 0.29) is 5.91 Å². The molecule has 6 nitrogen and oxygen atoms in total. The molecule has 24 heavy (non-hydrogen) atoms. The van der Waals surface area contributed by atoms with Gasteiger partial charge in [-0.05, 0) is 30.7 Å². The summed E-state index contributed by atoms with van der Waals surface area (Å²) in [5.74, 6) is 2.23. The second-order valence-electron chi connectivity index (χ2n) is 5.74. The van der Waals surface area contributed by atoms with Crippen molar-refractivity contribution in [2.75, 3.05) is 13.7 Å². The average molecular weight is 327 g/mol. The van der Waals surface area contributed by atoms with Crippen LogP contribution in [0.3, 0.4) is 0 Å². The lowest BCUT2D eigenvalue weighted by Crippen LogP contribution is -2.27. The van der Waals surface area contributed by atoms with Gasteiger partial charge in [0.2, 0.25) is 5.91 Å². The lowest BCUT2D eigenvalue weighted by Gasteiger charge is -2.04. The quantitative estimate of drug-likeness (QED) is 0.729. The van der Waals surface area contributed by atoms with Crippen molar-refractivity contribution >= 4 is 16.8 Å². The summed E-state index contributed by atoms with van der Waals surface area (Å²) in [4.78, 5) is 19.7. The minimum atomic E-state index is -0.0170. The number of rotatable bonds is 6.